The Labute approximate surface area is 178 Å². The van der Waals surface area contributed by atoms with Gasteiger partial charge >= 0.3 is 0 Å². The summed E-state index contributed by atoms with van der Waals surface area (Å²) in [5.41, 5.74) is 7.27. The fourth-order valence-corrected chi connectivity index (χ4v) is 6.68. The molecule has 0 aromatic heterocycles. The second kappa shape index (κ2) is 8.28. The first-order chi connectivity index (χ1) is 14.3. The third kappa shape index (κ3) is 3.86. The Morgan fingerprint density at radius 3 is 2.43 bits per heavy atom. The SMILES string of the molecule is CC(=O)N1CCCc2cc(S(=O)(=O)N3CCC(N4CCCC4C(N)=O)CC3)ccc21. The Bertz CT molecular complexity index is 940. The van der Waals surface area contributed by atoms with Crippen molar-refractivity contribution in [1.82, 2.24) is 9.21 Å². The molecule has 3 aliphatic rings. The number of benzene rings is 1. The third-order valence-corrected chi connectivity index (χ3v) is 8.60. The van der Waals surface area contributed by atoms with Crippen LogP contribution in [-0.4, -0.2) is 67.7 Å². The molecule has 8 nitrogen and oxygen atoms in total. The molecule has 0 spiro atoms. The van der Waals surface area contributed by atoms with Gasteiger partial charge < -0.3 is 10.6 Å². The van der Waals surface area contributed by atoms with Gasteiger partial charge in [-0.15, -0.1) is 0 Å². The zero-order valence-corrected chi connectivity index (χ0v) is 18.2. The summed E-state index contributed by atoms with van der Waals surface area (Å²) in [5.74, 6) is -0.305. The zero-order valence-electron chi connectivity index (χ0n) is 17.4. The molecule has 2 saturated heterocycles. The smallest absolute Gasteiger partial charge is 0.243 e. The predicted octanol–water partition coefficient (Wildman–Crippen LogP) is 1.09. The molecule has 2 N–H and O–H groups in total. The maximum Gasteiger partial charge on any atom is 0.243 e. The van der Waals surface area contributed by atoms with Gasteiger partial charge in [-0.2, -0.15) is 4.31 Å². The van der Waals surface area contributed by atoms with E-state index in [9.17, 15) is 18.0 Å². The van der Waals surface area contributed by atoms with Gasteiger partial charge in [0.05, 0.1) is 10.9 Å². The van der Waals surface area contributed by atoms with E-state index in [0.29, 0.717) is 37.4 Å². The van der Waals surface area contributed by atoms with Crippen LogP contribution in [0.1, 0.15) is 44.6 Å². The summed E-state index contributed by atoms with van der Waals surface area (Å²) < 4.78 is 28.0. The standard InChI is InChI=1S/C21H30N4O4S/c1-15(26)24-10-2-4-16-14-18(6-7-19(16)24)30(28,29)23-12-8-17(9-13-23)25-11-3-5-20(25)21(22)27/h6-7,14,17,20H,2-5,8-13H2,1H3,(H2,22,27). The molecule has 0 radical (unpaired) electrons. The topological polar surface area (TPSA) is 104 Å². The van der Waals surface area contributed by atoms with Gasteiger partial charge in [-0.05, 0) is 68.8 Å². The van der Waals surface area contributed by atoms with Gasteiger partial charge in [0.25, 0.3) is 0 Å². The highest BCUT2D eigenvalue weighted by atomic mass is 32.2. The molecule has 1 aromatic rings. The molecule has 0 aliphatic carbocycles. The number of hydrogen-bond acceptors (Lipinski definition) is 5. The van der Waals surface area contributed by atoms with Crippen LogP contribution in [0, 0.1) is 0 Å². The highest BCUT2D eigenvalue weighted by molar-refractivity contribution is 7.89. The van der Waals surface area contributed by atoms with Crippen LogP contribution in [0.15, 0.2) is 23.1 Å². The van der Waals surface area contributed by atoms with Crippen LogP contribution in [0.25, 0.3) is 0 Å². The lowest BCUT2D eigenvalue weighted by molar-refractivity contribution is -0.123. The number of anilines is 1. The molecule has 164 valence electrons. The summed E-state index contributed by atoms with van der Waals surface area (Å²) in [7, 11) is -3.59. The minimum Gasteiger partial charge on any atom is -0.368 e. The summed E-state index contributed by atoms with van der Waals surface area (Å²) in [4.78, 5) is 27.7. The lowest BCUT2D eigenvalue weighted by atomic mass is 10.0. The van der Waals surface area contributed by atoms with Crippen LogP contribution in [-0.2, 0) is 26.0 Å². The number of sulfonamides is 1. The number of carbonyl (C=O) groups excluding carboxylic acids is 2. The second-order valence-corrected chi connectivity index (χ2v) is 10.4. The number of carbonyl (C=O) groups is 2. The lowest BCUT2D eigenvalue weighted by Crippen LogP contribution is -2.51. The van der Waals surface area contributed by atoms with E-state index in [1.165, 1.54) is 6.92 Å². The Balaban J connectivity index is 1.47. The van der Waals surface area contributed by atoms with Crippen molar-refractivity contribution < 1.29 is 18.0 Å². The molecule has 1 unspecified atom stereocenters. The molecule has 3 aliphatic heterocycles. The molecule has 2 amide bonds. The van der Waals surface area contributed by atoms with Crippen molar-refractivity contribution in [3.63, 3.8) is 0 Å². The van der Waals surface area contributed by atoms with E-state index in [0.717, 1.165) is 43.5 Å². The molecule has 0 saturated carbocycles. The second-order valence-electron chi connectivity index (χ2n) is 8.50. The van der Waals surface area contributed by atoms with Crippen LogP contribution in [0.2, 0.25) is 0 Å². The van der Waals surface area contributed by atoms with Crippen molar-refractivity contribution in [3.05, 3.63) is 23.8 Å². The molecule has 3 heterocycles. The highest BCUT2D eigenvalue weighted by Gasteiger charge is 2.38. The van der Waals surface area contributed by atoms with Crippen LogP contribution < -0.4 is 10.6 Å². The summed E-state index contributed by atoms with van der Waals surface area (Å²) >= 11 is 0. The van der Waals surface area contributed by atoms with Gasteiger partial charge in [0.1, 0.15) is 0 Å². The number of nitrogens with two attached hydrogens (primary N) is 1. The van der Waals surface area contributed by atoms with E-state index >= 15 is 0 Å². The van der Waals surface area contributed by atoms with Crippen LogP contribution in [0.3, 0.4) is 0 Å². The Hall–Kier alpha value is -1.97. The quantitative estimate of drug-likeness (QED) is 0.764. The summed E-state index contributed by atoms with van der Waals surface area (Å²) in [5, 5.41) is 0. The Morgan fingerprint density at radius 1 is 1.03 bits per heavy atom. The van der Waals surface area contributed by atoms with Crippen LogP contribution in [0.5, 0.6) is 0 Å². The molecule has 30 heavy (non-hydrogen) atoms. The van der Waals surface area contributed by atoms with Crippen molar-refractivity contribution in [1.29, 1.82) is 0 Å². The molecule has 4 rings (SSSR count). The molecular weight excluding hydrogens is 404 g/mol. The third-order valence-electron chi connectivity index (χ3n) is 6.70. The predicted molar refractivity (Wildman–Crippen MR) is 113 cm³/mol. The number of aryl methyl sites for hydroxylation is 1. The zero-order chi connectivity index (χ0) is 21.5. The van der Waals surface area contributed by atoms with Crippen molar-refractivity contribution >= 4 is 27.5 Å². The monoisotopic (exact) mass is 434 g/mol. The molecule has 9 heteroatoms. The van der Waals surface area contributed by atoms with Crippen molar-refractivity contribution in [2.75, 3.05) is 31.1 Å². The van der Waals surface area contributed by atoms with Gasteiger partial charge in [0, 0.05) is 38.3 Å². The molecule has 1 aromatic carbocycles. The minimum absolute atomic E-state index is 0.0233. The molecule has 1 atom stereocenters. The number of likely N-dealkylation sites (tertiary alicyclic amines) is 1. The molecule has 0 bridgehead atoms. The summed E-state index contributed by atoms with van der Waals surface area (Å²) in [6, 6.07) is 5.09. The van der Waals surface area contributed by atoms with Crippen LogP contribution in [0.4, 0.5) is 5.69 Å². The average Bonchev–Trinajstić information content (AvgIpc) is 3.23. The van der Waals surface area contributed by atoms with E-state index < -0.39 is 10.0 Å². The van der Waals surface area contributed by atoms with Crippen LogP contribution >= 0.6 is 0 Å². The minimum atomic E-state index is -3.59. The fourth-order valence-electron chi connectivity index (χ4n) is 5.16. The number of fused-ring (bicyclic) bond motifs is 1. The largest absolute Gasteiger partial charge is 0.368 e. The van der Waals surface area contributed by atoms with E-state index in [1.54, 1.807) is 27.4 Å². The summed E-state index contributed by atoms with van der Waals surface area (Å²) in [6.45, 7) is 3.93. The average molecular weight is 435 g/mol. The maximum atomic E-state index is 13.2. The van der Waals surface area contributed by atoms with E-state index in [1.807, 2.05) is 0 Å². The lowest BCUT2D eigenvalue weighted by Gasteiger charge is -2.38. The first-order valence-corrected chi connectivity index (χ1v) is 12.2. The fraction of sp³-hybridized carbons (Fsp3) is 0.619. The number of rotatable bonds is 4. The normalized spacial score (nSPS) is 24.0. The number of piperidine rings is 1. The van der Waals surface area contributed by atoms with Crippen molar-refractivity contribution in [2.24, 2.45) is 5.73 Å². The van der Waals surface area contributed by atoms with Gasteiger partial charge in [0.15, 0.2) is 0 Å². The first kappa shape index (κ1) is 21.3. The number of hydrogen-bond donors (Lipinski definition) is 1. The summed E-state index contributed by atoms with van der Waals surface area (Å²) in [6.07, 6.45) is 4.75. The molecular formula is C21H30N4O4S. The first-order valence-electron chi connectivity index (χ1n) is 10.8. The number of nitrogens with zero attached hydrogens (tertiary/aromatic N) is 3. The van der Waals surface area contributed by atoms with Gasteiger partial charge in [-0.3, -0.25) is 14.5 Å². The maximum absolute atomic E-state index is 13.2. The highest BCUT2D eigenvalue weighted by Crippen LogP contribution is 2.32. The van der Waals surface area contributed by atoms with Crippen molar-refractivity contribution in [3.8, 4) is 0 Å². The van der Waals surface area contributed by atoms with E-state index in [-0.39, 0.29) is 23.9 Å². The number of amides is 2. The van der Waals surface area contributed by atoms with Gasteiger partial charge in [0.2, 0.25) is 21.8 Å². The van der Waals surface area contributed by atoms with E-state index in [4.69, 9.17) is 5.73 Å². The Kier molecular flexibility index (Phi) is 5.87. The Morgan fingerprint density at radius 2 is 1.77 bits per heavy atom. The van der Waals surface area contributed by atoms with E-state index in [2.05, 4.69) is 4.90 Å². The van der Waals surface area contributed by atoms with Crippen molar-refractivity contribution in [2.45, 2.75) is 62.4 Å². The van der Waals surface area contributed by atoms with Gasteiger partial charge in [-0.1, -0.05) is 0 Å². The van der Waals surface area contributed by atoms with Gasteiger partial charge in [-0.25, -0.2) is 8.42 Å². The number of primary amides is 1. The molecule has 2 fully saturated rings.